The van der Waals surface area contributed by atoms with Gasteiger partial charge < -0.3 is 14.7 Å². The zero-order valence-electron chi connectivity index (χ0n) is 16.0. The molecule has 0 bridgehead atoms. The summed E-state index contributed by atoms with van der Waals surface area (Å²) < 4.78 is 13.1. The number of piperazine rings is 1. The largest absolute Gasteiger partial charge is 0.360 e. The van der Waals surface area contributed by atoms with Crippen LogP contribution >= 0.6 is 11.8 Å². The zero-order chi connectivity index (χ0) is 19.2. The summed E-state index contributed by atoms with van der Waals surface area (Å²) in [7, 11) is 1.87. The molecule has 3 rings (SSSR count). The van der Waals surface area contributed by atoms with Crippen LogP contribution in [0.4, 0.5) is 10.1 Å². The molecule has 1 heterocycles. The van der Waals surface area contributed by atoms with E-state index in [9.17, 15) is 9.18 Å². The first-order valence-corrected chi connectivity index (χ1v) is 10.5. The lowest BCUT2D eigenvalue weighted by atomic mass is 10.2. The standard InChI is InChI=1S/C21H26FN3OS/c1-23(15-17-3-9-20(27-2)10-4-17)21(26)16-24-11-13-25(14-12-24)19-7-5-18(22)6-8-19/h3-10H,11-16H2,1-2H3/p+1. The fourth-order valence-corrected chi connectivity index (χ4v) is 3.76. The van der Waals surface area contributed by atoms with Crippen molar-refractivity contribution in [1.29, 1.82) is 0 Å². The third kappa shape index (κ3) is 5.47. The molecule has 0 aliphatic carbocycles. The van der Waals surface area contributed by atoms with Gasteiger partial charge in [0.1, 0.15) is 5.82 Å². The Bertz CT molecular complexity index is 743. The van der Waals surface area contributed by atoms with Crippen LogP contribution in [0.15, 0.2) is 53.4 Å². The number of nitrogens with one attached hydrogen (secondary N) is 1. The molecule has 2 aromatic carbocycles. The highest BCUT2D eigenvalue weighted by Gasteiger charge is 2.23. The smallest absolute Gasteiger partial charge is 0.277 e. The Morgan fingerprint density at radius 2 is 1.74 bits per heavy atom. The minimum absolute atomic E-state index is 0.175. The highest BCUT2D eigenvalue weighted by molar-refractivity contribution is 7.98. The molecule has 0 spiro atoms. The predicted octanol–water partition coefficient (Wildman–Crippen LogP) is 1.91. The van der Waals surface area contributed by atoms with E-state index in [0.29, 0.717) is 13.1 Å². The number of halogens is 1. The molecule has 0 radical (unpaired) electrons. The maximum Gasteiger partial charge on any atom is 0.277 e. The van der Waals surface area contributed by atoms with Crippen LogP contribution in [0, 0.1) is 5.82 Å². The van der Waals surface area contributed by atoms with Gasteiger partial charge in [0.2, 0.25) is 0 Å². The van der Waals surface area contributed by atoms with Gasteiger partial charge in [-0.05, 0) is 48.2 Å². The lowest BCUT2D eigenvalue weighted by Crippen LogP contribution is -3.15. The number of amides is 1. The first-order chi connectivity index (χ1) is 13.0. The van der Waals surface area contributed by atoms with E-state index in [1.807, 2.05) is 24.1 Å². The number of hydrogen-bond donors (Lipinski definition) is 1. The Morgan fingerprint density at radius 1 is 1.11 bits per heavy atom. The molecule has 0 unspecified atom stereocenters. The molecule has 2 aromatic rings. The molecule has 0 saturated carbocycles. The number of rotatable bonds is 6. The lowest BCUT2D eigenvalue weighted by molar-refractivity contribution is -0.892. The van der Waals surface area contributed by atoms with Crippen molar-refractivity contribution >= 4 is 23.4 Å². The number of hydrogen-bond acceptors (Lipinski definition) is 3. The van der Waals surface area contributed by atoms with Crippen LogP contribution in [0.3, 0.4) is 0 Å². The first kappa shape index (κ1) is 19.7. The average molecular weight is 389 g/mol. The Hall–Kier alpha value is -2.05. The second kappa shape index (κ2) is 9.24. The molecule has 1 saturated heterocycles. The molecule has 1 fully saturated rings. The quantitative estimate of drug-likeness (QED) is 0.767. The van der Waals surface area contributed by atoms with E-state index in [4.69, 9.17) is 0 Å². The summed E-state index contributed by atoms with van der Waals surface area (Å²) in [5.74, 6) is -0.0334. The number of carbonyl (C=O) groups excluding carboxylic acids is 1. The normalized spacial score (nSPS) is 15.0. The van der Waals surface area contributed by atoms with Crippen LogP contribution in [0.2, 0.25) is 0 Å². The molecule has 1 aliphatic heterocycles. The molecule has 0 atom stereocenters. The van der Waals surface area contributed by atoms with Gasteiger partial charge in [-0.15, -0.1) is 11.8 Å². The molecular weight excluding hydrogens is 361 g/mol. The van der Waals surface area contributed by atoms with Crippen molar-refractivity contribution in [2.75, 3.05) is 50.9 Å². The second-order valence-electron chi connectivity index (χ2n) is 6.99. The van der Waals surface area contributed by atoms with Gasteiger partial charge in [0.15, 0.2) is 6.54 Å². The van der Waals surface area contributed by atoms with Crippen molar-refractivity contribution in [1.82, 2.24) is 4.90 Å². The van der Waals surface area contributed by atoms with E-state index in [0.717, 1.165) is 37.4 Å². The SMILES string of the molecule is CSc1ccc(CN(C)C(=O)C[NH+]2CCN(c3ccc(F)cc3)CC2)cc1. The molecule has 1 amide bonds. The van der Waals surface area contributed by atoms with Gasteiger partial charge in [-0.2, -0.15) is 0 Å². The van der Waals surface area contributed by atoms with Crippen LogP contribution in [-0.2, 0) is 11.3 Å². The summed E-state index contributed by atoms with van der Waals surface area (Å²) in [6.45, 7) is 4.76. The Kier molecular flexibility index (Phi) is 6.74. The summed E-state index contributed by atoms with van der Waals surface area (Å²) in [4.78, 5) is 19.2. The molecule has 1 aliphatic rings. The van der Waals surface area contributed by atoms with E-state index in [1.54, 1.807) is 11.8 Å². The molecule has 4 nitrogen and oxygen atoms in total. The predicted molar refractivity (Wildman–Crippen MR) is 109 cm³/mol. The van der Waals surface area contributed by atoms with Crippen LogP contribution < -0.4 is 9.80 Å². The van der Waals surface area contributed by atoms with Gasteiger partial charge in [0, 0.05) is 24.2 Å². The number of anilines is 1. The van der Waals surface area contributed by atoms with Crippen LogP contribution in [0.1, 0.15) is 5.56 Å². The van der Waals surface area contributed by atoms with Crippen molar-refractivity contribution in [3.05, 3.63) is 59.9 Å². The van der Waals surface area contributed by atoms with Gasteiger partial charge in [-0.3, -0.25) is 4.79 Å². The molecule has 144 valence electrons. The maximum absolute atomic E-state index is 13.1. The third-order valence-corrected chi connectivity index (χ3v) is 5.81. The van der Waals surface area contributed by atoms with Gasteiger partial charge in [-0.1, -0.05) is 12.1 Å². The average Bonchev–Trinajstić information content (AvgIpc) is 2.70. The summed E-state index contributed by atoms with van der Waals surface area (Å²) in [6, 6.07) is 15.0. The number of carbonyl (C=O) groups is 1. The minimum Gasteiger partial charge on any atom is -0.360 e. The summed E-state index contributed by atoms with van der Waals surface area (Å²) in [6.07, 6.45) is 2.06. The Morgan fingerprint density at radius 3 is 2.33 bits per heavy atom. The number of likely N-dealkylation sites (N-methyl/N-ethyl adjacent to an activating group) is 1. The number of thioether (sulfide) groups is 1. The van der Waals surface area contributed by atoms with E-state index in [2.05, 4.69) is 35.4 Å². The molecule has 1 N–H and O–H groups in total. The monoisotopic (exact) mass is 388 g/mol. The molecule has 27 heavy (non-hydrogen) atoms. The van der Waals surface area contributed by atoms with Crippen molar-refractivity contribution < 1.29 is 14.1 Å². The van der Waals surface area contributed by atoms with Crippen molar-refractivity contribution in [2.24, 2.45) is 0 Å². The fourth-order valence-electron chi connectivity index (χ4n) is 3.35. The minimum atomic E-state index is -0.209. The number of quaternary nitrogens is 1. The molecular formula is C21H27FN3OS+. The van der Waals surface area contributed by atoms with Gasteiger partial charge in [0.05, 0.1) is 26.2 Å². The van der Waals surface area contributed by atoms with Crippen LogP contribution in [0.5, 0.6) is 0 Å². The molecule has 6 heteroatoms. The van der Waals surface area contributed by atoms with E-state index < -0.39 is 0 Å². The fraction of sp³-hybridized carbons (Fsp3) is 0.381. The zero-order valence-corrected chi connectivity index (χ0v) is 16.8. The van der Waals surface area contributed by atoms with Crippen LogP contribution in [0.25, 0.3) is 0 Å². The number of nitrogens with zero attached hydrogens (tertiary/aromatic N) is 2. The Labute approximate surface area is 164 Å². The lowest BCUT2D eigenvalue weighted by Gasteiger charge is -2.34. The van der Waals surface area contributed by atoms with Gasteiger partial charge >= 0.3 is 0 Å². The van der Waals surface area contributed by atoms with Crippen LogP contribution in [-0.4, -0.2) is 56.8 Å². The van der Waals surface area contributed by atoms with Crippen molar-refractivity contribution in [3.63, 3.8) is 0 Å². The maximum atomic E-state index is 13.1. The van der Waals surface area contributed by atoms with Crippen molar-refractivity contribution in [3.8, 4) is 0 Å². The highest BCUT2D eigenvalue weighted by Crippen LogP contribution is 2.16. The van der Waals surface area contributed by atoms with Gasteiger partial charge in [0.25, 0.3) is 5.91 Å². The second-order valence-corrected chi connectivity index (χ2v) is 7.87. The molecule has 0 aromatic heterocycles. The summed E-state index contributed by atoms with van der Waals surface area (Å²) in [5.41, 5.74) is 2.20. The highest BCUT2D eigenvalue weighted by atomic mass is 32.2. The summed E-state index contributed by atoms with van der Waals surface area (Å²) >= 11 is 1.72. The Balaban J connectivity index is 1.46. The summed E-state index contributed by atoms with van der Waals surface area (Å²) in [5, 5.41) is 0. The van der Waals surface area contributed by atoms with Crippen molar-refractivity contribution in [2.45, 2.75) is 11.4 Å². The van der Waals surface area contributed by atoms with Gasteiger partial charge in [-0.25, -0.2) is 4.39 Å². The van der Waals surface area contributed by atoms with E-state index in [1.165, 1.54) is 21.9 Å². The third-order valence-electron chi connectivity index (χ3n) is 5.07. The topological polar surface area (TPSA) is 28.0 Å². The van der Waals surface area contributed by atoms with E-state index >= 15 is 0 Å². The van der Waals surface area contributed by atoms with E-state index in [-0.39, 0.29) is 11.7 Å². The number of benzene rings is 2. The first-order valence-electron chi connectivity index (χ1n) is 9.26.